The summed E-state index contributed by atoms with van der Waals surface area (Å²) in [6, 6.07) is 15.6. The van der Waals surface area contributed by atoms with Crippen LogP contribution in [0.1, 0.15) is 31.9 Å². The molecule has 0 unspecified atom stereocenters. The molecule has 1 fully saturated rings. The molecule has 9 nitrogen and oxygen atoms in total. The summed E-state index contributed by atoms with van der Waals surface area (Å²) in [6.07, 6.45) is -0.546. The molecule has 1 heterocycles. The summed E-state index contributed by atoms with van der Waals surface area (Å²) in [6.45, 7) is 5.13. The molecule has 2 aromatic carbocycles. The van der Waals surface area contributed by atoms with Crippen LogP contribution < -0.4 is 16.0 Å². The van der Waals surface area contributed by atoms with E-state index in [-0.39, 0.29) is 18.8 Å². The van der Waals surface area contributed by atoms with Crippen LogP contribution in [0.25, 0.3) is 0 Å². The predicted octanol–water partition coefficient (Wildman–Crippen LogP) is 1.89. The summed E-state index contributed by atoms with van der Waals surface area (Å²) < 4.78 is 10.3. The number of carbonyl (C=O) groups is 4. The van der Waals surface area contributed by atoms with E-state index in [1.165, 1.54) is 6.92 Å². The van der Waals surface area contributed by atoms with Gasteiger partial charge in [-0.25, -0.2) is 4.79 Å². The van der Waals surface area contributed by atoms with Crippen LogP contribution in [0.15, 0.2) is 60.7 Å². The van der Waals surface area contributed by atoms with E-state index in [4.69, 9.17) is 9.47 Å². The lowest BCUT2D eigenvalue weighted by Crippen LogP contribution is -2.56. The van der Waals surface area contributed by atoms with E-state index in [0.717, 1.165) is 11.1 Å². The molecule has 35 heavy (non-hydrogen) atoms. The number of alkyl carbamates (subject to hydrolysis) is 1. The summed E-state index contributed by atoms with van der Waals surface area (Å²) in [5, 5.41) is 7.82. The van der Waals surface area contributed by atoms with Gasteiger partial charge in [-0.1, -0.05) is 60.7 Å². The molecule has 1 aliphatic rings. The van der Waals surface area contributed by atoms with E-state index in [1.807, 2.05) is 60.7 Å². The average Bonchev–Trinajstić information content (AvgIpc) is 3.61. The number of hydrogen-bond donors (Lipinski definition) is 3. The Morgan fingerprint density at radius 2 is 1.43 bits per heavy atom. The second-order valence-corrected chi connectivity index (χ2v) is 8.79. The number of epoxide rings is 1. The van der Waals surface area contributed by atoms with Gasteiger partial charge in [0, 0.05) is 6.42 Å². The summed E-state index contributed by atoms with van der Waals surface area (Å²) in [5.41, 5.74) is 0.768. The zero-order valence-electron chi connectivity index (χ0n) is 20.1. The largest absolute Gasteiger partial charge is 0.445 e. The fraction of sp³-hybridized carbons (Fsp3) is 0.385. The minimum absolute atomic E-state index is 0.0641. The quantitative estimate of drug-likeness (QED) is 0.421. The Morgan fingerprint density at radius 1 is 0.857 bits per heavy atom. The Balaban J connectivity index is 1.58. The van der Waals surface area contributed by atoms with Gasteiger partial charge in [0.25, 0.3) is 0 Å². The van der Waals surface area contributed by atoms with Crippen molar-refractivity contribution in [2.45, 2.75) is 57.5 Å². The van der Waals surface area contributed by atoms with Gasteiger partial charge in [-0.05, 0) is 31.9 Å². The fourth-order valence-corrected chi connectivity index (χ4v) is 3.45. The highest BCUT2D eigenvalue weighted by Gasteiger charge is 2.49. The van der Waals surface area contributed by atoms with Crippen molar-refractivity contribution in [2.24, 2.45) is 0 Å². The molecule has 3 amide bonds. The third-order valence-corrected chi connectivity index (χ3v) is 5.71. The smallest absolute Gasteiger partial charge is 0.408 e. The van der Waals surface area contributed by atoms with Crippen LogP contribution in [-0.4, -0.2) is 54.0 Å². The van der Waals surface area contributed by atoms with E-state index in [9.17, 15) is 19.2 Å². The first-order chi connectivity index (χ1) is 16.7. The maximum Gasteiger partial charge on any atom is 0.408 e. The molecule has 0 aromatic heterocycles. The van der Waals surface area contributed by atoms with E-state index < -0.39 is 41.6 Å². The molecule has 0 bridgehead atoms. The van der Waals surface area contributed by atoms with Crippen molar-refractivity contribution < 1.29 is 28.7 Å². The first kappa shape index (κ1) is 25.9. The van der Waals surface area contributed by atoms with Crippen molar-refractivity contribution in [3.8, 4) is 0 Å². The molecule has 0 spiro atoms. The molecule has 0 saturated carbocycles. The van der Waals surface area contributed by atoms with Crippen LogP contribution in [-0.2, 0) is 36.9 Å². The molecule has 0 radical (unpaired) electrons. The number of Topliss-reactive ketones (excluding diaryl/α,β-unsaturated/α-hetero) is 1. The Bertz CT molecular complexity index is 1040. The maximum absolute atomic E-state index is 13.0. The third kappa shape index (κ3) is 7.65. The van der Waals surface area contributed by atoms with E-state index in [0.29, 0.717) is 6.61 Å². The van der Waals surface area contributed by atoms with Crippen molar-refractivity contribution in [3.63, 3.8) is 0 Å². The SMILES string of the molecule is C[C@H](NC(=O)OCc1ccccc1)C(=O)N[C@@H](Cc1ccccc1)C(=O)N[C@@H](C)C(=O)[C@@]1(C)CO1. The Labute approximate surface area is 204 Å². The van der Waals surface area contributed by atoms with Gasteiger partial charge >= 0.3 is 6.09 Å². The number of rotatable bonds is 11. The zero-order chi connectivity index (χ0) is 25.4. The third-order valence-electron chi connectivity index (χ3n) is 5.71. The average molecular weight is 482 g/mol. The molecule has 2 aromatic rings. The lowest BCUT2D eigenvalue weighted by Gasteiger charge is -2.23. The van der Waals surface area contributed by atoms with Crippen molar-refractivity contribution >= 4 is 23.7 Å². The van der Waals surface area contributed by atoms with Gasteiger partial charge in [-0.2, -0.15) is 0 Å². The van der Waals surface area contributed by atoms with Gasteiger partial charge < -0.3 is 25.4 Å². The normalized spacial score (nSPS) is 18.9. The summed E-state index contributed by atoms with van der Waals surface area (Å²) in [5.74, 6) is -1.30. The minimum Gasteiger partial charge on any atom is -0.445 e. The van der Waals surface area contributed by atoms with E-state index >= 15 is 0 Å². The Hall–Kier alpha value is -3.72. The topological polar surface area (TPSA) is 126 Å². The molecule has 1 aliphatic heterocycles. The van der Waals surface area contributed by atoms with Crippen LogP contribution in [0.5, 0.6) is 0 Å². The van der Waals surface area contributed by atoms with Crippen molar-refractivity contribution in [1.29, 1.82) is 0 Å². The van der Waals surface area contributed by atoms with Gasteiger partial charge in [0.05, 0.1) is 12.6 Å². The van der Waals surface area contributed by atoms with Gasteiger partial charge in [0.15, 0.2) is 5.78 Å². The zero-order valence-corrected chi connectivity index (χ0v) is 20.1. The summed E-state index contributed by atoms with van der Waals surface area (Å²) in [7, 11) is 0. The fourth-order valence-electron chi connectivity index (χ4n) is 3.45. The standard InChI is InChI=1S/C26H31N3O6/c1-17(22(30)26(3)16-35-26)27-24(32)21(14-19-10-6-4-7-11-19)29-23(31)18(2)28-25(33)34-15-20-12-8-5-9-13-20/h4-13,17-18,21H,14-16H2,1-3H3,(H,27,32)(H,28,33)(H,29,31)/t17-,18-,21-,26+/m0/s1. The van der Waals surface area contributed by atoms with Crippen LogP contribution in [0, 0.1) is 0 Å². The van der Waals surface area contributed by atoms with Crippen molar-refractivity contribution in [2.75, 3.05) is 6.61 Å². The lowest BCUT2D eigenvalue weighted by atomic mass is 10.0. The molecular weight excluding hydrogens is 450 g/mol. The summed E-state index contributed by atoms with van der Waals surface area (Å²) in [4.78, 5) is 50.4. The van der Waals surface area contributed by atoms with E-state index in [1.54, 1.807) is 13.8 Å². The minimum atomic E-state index is -0.960. The molecule has 3 rings (SSSR count). The van der Waals surface area contributed by atoms with Gasteiger partial charge in [0.1, 0.15) is 24.3 Å². The monoisotopic (exact) mass is 481 g/mol. The molecule has 4 atom stereocenters. The predicted molar refractivity (Wildman–Crippen MR) is 128 cm³/mol. The number of hydrogen-bond acceptors (Lipinski definition) is 6. The van der Waals surface area contributed by atoms with Crippen LogP contribution in [0.4, 0.5) is 4.79 Å². The van der Waals surface area contributed by atoms with Gasteiger partial charge in [0.2, 0.25) is 11.8 Å². The Morgan fingerprint density at radius 3 is 2.00 bits per heavy atom. The van der Waals surface area contributed by atoms with Crippen LogP contribution >= 0.6 is 0 Å². The van der Waals surface area contributed by atoms with Crippen molar-refractivity contribution in [3.05, 3.63) is 71.8 Å². The molecule has 9 heteroatoms. The second-order valence-electron chi connectivity index (χ2n) is 8.79. The van der Waals surface area contributed by atoms with Gasteiger partial charge in [-0.3, -0.25) is 14.4 Å². The van der Waals surface area contributed by atoms with Gasteiger partial charge in [-0.15, -0.1) is 0 Å². The number of ether oxygens (including phenoxy) is 2. The summed E-state index contributed by atoms with van der Waals surface area (Å²) >= 11 is 0. The van der Waals surface area contributed by atoms with Crippen LogP contribution in [0.2, 0.25) is 0 Å². The highest BCUT2D eigenvalue weighted by atomic mass is 16.6. The number of ketones is 1. The first-order valence-electron chi connectivity index (χ1n) is 11.5. The molecule has 186 valence electrons. The Kier molecular flexibility index (Phi) is 8.59. The second kappa shape index (κ2) is 11.6. The maximum atomic E-state index is 13.0. The number of amides is 3. The molecule has 1 saturated heterocycles. The number of benzene rings is 2. The van der Waals surface area contributed by atoms with Crippen molar-refractivity contribution in [1.82, 2.24) is 16.0 Å². The number of carbonyl (C=O) groups excluding carboxylic acids is 4. The van der Waals surface area contributed by atoms with Crippen LogP contribution in [0.3, 0.4) is 0 Å². The molecule has 3 N–H and O–H groups in total. The highest BCUT2D eigenvalue weighted by Crippen LogP contribution is 2.28. The highest BCUT2D eigenvalue weighted by molar-refractivity contribution is 5.98. The lowest BCUT2D eigenvalue weighted by molar-refractivity contribution is -0.132. The molecule has 0 aliphatic carbocycles. The number of nitrogens with one attached hydrogen (secondary N) is 3. The van der Waals surface area contributed by atoms with E-state index in [2.05, 4.69) is 16.0 Å². The molecular formula is C26H31N3O6. The first-order valence-corrected chi connectivity index (χ1v) is 11.5.